The van der Waals surface area contributed by atoms with Gasteiger partial charge in [-0.1, -0.05) is 53.6 Å². The fourth-order valence-electron chi connectivity index (χ4n) is 3.46. The lowest BCUT2D eigenvalue weighted by atomic mass is 9.96. The predicted octanol–water partition coefficient (Wildman–Crippen LogP) is 3.93. The molecule has 1 aliphatic carbocycles. The average Bonchev–Trinajstić information content (AvgIpc) is 2.95. The SMILES string of the molecule is [N-]=[N+]=NCCC[C@H](NCC1c2ccccc2-c2ccccc21)C(=O)O. The fraction of sp³-hybridized carbons (Fsp3) is 0.316. The van der Waals surface area contributed by atoms with Crippen LogP contribution >= 0.6 is 0 Å². The topological polar surface area (TPSA) is 98.1 Å². The maximum absolute atomic E-state index is 11.5. The molecule has 6 nitrogen and oxygen atoms in total. The molecule has 0 unspecified atom stereocenters. The molecule has 0 aliphatic heterocycles. The van der Waals surface area contributed by atoms with Gasteiger partial charge in [-0.3, -0.25) is 4.79 Å². The number of rotatable bonds is 8. The lowest BCUT2D eigenvalue weighted by Crippen LogP contribution is -2.39. The third-order valence-corrected chi connectivity index (χ3v) is 4.64. The minimum absolute atomic E-state index is 0.145. The second-order valence-corrected chi connectivity index (χ2v) is 6.12. The third-order valence-electron chi connectivity index (χ3n) is 4.64. The zero-order valence-corrected chi connectivity index (χ0v) is 13.8. The van der Waals surface area contributed by atoms with Gasteiger partial charge in [-0.25, -0.2) is 0 Å². The van der Waals surface area contributed by atoms with Crippen LogP contribution in [0.15, 0.2) is 53.6 Å². The summed E-state index contributed by atoms with van der Waals surface area (Å²) in [5, 5.41) is 16.1. The second kappa shape index (κ2) is 7.83. The highest BCUT2D eigenvalue weighted by atomic mass is 16.4. The lowest BCUT2D eigenvalue weighted by molar-refractivity contribution is -0.139. The molecule has 0 fully saturated rings. The molecular weight excluding hydrogens is 316 g/mol. The van der Waals surface area contributed by atoms with Gasteiger partial charge < -0.3 is 10.4 Å². The maximum Gasteiger partial charge on any atom is 0.320 e. The Morgan fingerprint density at radius 2 is 1.76 bits per heavy atom. The Labute approximate surface area is 146 Å². The van der Waals surface area contributed by atoms with Gasteiger partial charge in [0.2, 0.25) is 0 Å². The zero-order valence-electron chi connectivity index (χ0n) is 13.8. The Balaban J connectivity index is 1.73. The molecule has 1 atom stereocenters. The number of nitrogens with zero attached hydrogens (tertiary/aromatic N) is 3. The van der Waals surface area contributed by atoms with Crippen molar-refractivity contribution in [2.24, 2.45) is 5.11 Å². The Bertz CT molecular complexity index is 769. The summed E-state index contributed by atoms with van der Waals surface area (Å²) in [6.45, 7) is 0.879. The van der Waals surface area contributed by atoms with Crippen LogP contribution in [0.2, 0.25) is 0 Å². The molecule has 0 heterocycles. The van der Waals surface area contributed by atoms with Crippen molar-refractivity contribution in [1.29, 1.82) is 0 Å². The van der Waals surface area contributed by atoms with E-state index >= 15 is 0 Å². The minimum atomic E-state index is -0.875. The first-order chi connectivity index (χ1) is 12.2. The quantitative estimate of drug-likeness (QED) is 0.331. The van der Waals surface area contributed by atoms with Gasteiger partial charge in [-0.15, -0.1) is 0 Å². The predicted molar refractivity (Wildman–Crippen MR) is 96.4 cm³/mol. The van der Waals surface area contributed by atoms with Crippen LogP contribution in [0.25, 0.3) is 21.6 Å². The van der Waals surface area contributed by atoms with Gasteiger partial charge in [0.05, 0.1) is 0 Å². The molecule has 2 aromatic rings. The van der Waals surface area contributed by atoms with Gasteiger partial charge in [0.25, 0.3) is 0 Å². The van der Waals surface area contributed by atoms with Crippen LogP contribution in [0, 0.1) is 0 Å². The highest BCUT2D eigenvalue weighted by Gasteiger charge is 2.29. The smallest absolute Gasteiger partial charge is 0.320 e. The first-order valence-electron chi connectivity index (χ1n) is 8.37. The molecule has 0 aromatic heterocycles. The largest absolute Gasteiger partial charge is 0.480 e. The number of carboxylic acids is 1. The number of carboxylic acid groups (broad SMARTS) is 1. The van der Waals surface area contributed by atoms with E-state index in [0.717, 1.165) is 0 Å². The van der Waals surface area contributed by atoms with Crippen LogP contribution in [0.3, 0.4) is 0 Å². The number of hydrogen-bond acceptors (Lipinski definition) is 3. The Kier molecular flexibility index (Phi) is 5.33. The molecule has 2 aromatic carbocycles. The highest BCUT2D eigenvalue weighted by Crippen LogP contribution is 2.44. The highest BCUT2D eigenvalue weighted by molar-refractivity contribution is 5.79. The standard InChI is InChI=1S/C19H20N4O2/c20-23-22-11-5-10-18(19(24)25)21-12-17-15-8-3-1-6-13(15)14-7-2-4-9-16(14)17/h1-4,6-9,17-18,21H,5,10-12H2,(H,24,25)/t18-/m0/s1. The van der Waals surface area contributed by atoms with Gasteiger partial charge >= 0.3 is 5.97 Å². The Morgan fingerprint density at radius 1 is 1.16 bits per heavy atom. The third kappa shape index (κ3) is 3.65. The van der Waals surface area contributed by atoms with Gasteiger partial charge in [-0.05, 0) is 40.6 Å². The lowest BCUT2D eigenvalue weighted by Gasteiger charge is -2.19. The number of fused-ring (bicyclic) bond motifs is 3. The molecule has 128 valence electrons. The summed E-state index contributed by atoms with van der Waals surface area (Å²) in [4.78, 5) is 14.2. The van der Waals surface area contributed by atoms with Gasteiger partial charge in [0, 0.05) is 23.9 Å². The van der Waals surface area contributed by atoms with Gasteiger partial charge in [0.1, 0.15) is 6.04 Å². The first kappa shape index (κ1) is 17.0. The second-order valence-electron chi connectivity index (χ2n) is 6.12. The van der Waals surface area contributed by atoms with Crippen molar-refractivity contribution < 1.29 is 9.90 Å². The molecule has 1 aliphatic rings. The molecule has 0 amide bonds. The van der Waals surface area contributed by atoms with Crippen LogP contribution in [0.1, 0.15) is 29.9 Å². The van der Waals surface area contributed by atoms with Gasteiger partial charge in [0.15, 0.2) is 0 Å². The van der Waals surface area contributed by atoms with Crippen molar-refractivity contribution in [2.75, 3.05) is 13.1 Å². The Hall–Kier alpha value is -2.82. The van der Waals surface area contributed by atoms with Crippen LogP contribution < -0.4 is 5.32 Å². The van der Waals surface area contributed by atoms with E-state index in [1.54, 1.807) is 0 Å². The van der Waals surface area contributed by atoms with E-state index in [-0.39, 0.29) is 5.92 Å². The van der Waals surface area contributed by atoms with Crippen LogP contribution in [-0.2, 0) is 4.79 Å². The van der Waals surface area contributed by atoms with E-state index in [1.807, 2.05) is 24.3 Å². The monoisotopic (exact) mass is 336 g/mol. The van der Waals surface area contributed by atoms with Crippen molar-refractivity contribution in [3.05, 3.63) is 70.1 Å². The number of carbonyl (C=O) groups is 1. The molecule has 0 saturated heterocycles. The van der Waals surface area contributed by atoms with Crippen molar-refractivity contribution in [1.82, 2.24) is 5.32 Å². The molecule has 3 rings (SSSR count). The molecule has 0 spiro atoms. The summed E-state index contributed by atoms with van der Waals surface area (Å²) >= 11 is 0. The van der Waals surface area contributed by atoms with E-state index in [0.29, 0.717) is 25.9 Å². The van der Waals surface area contributed by atoms with Crippen LogP contribution in [0.5, 0.6) is 0 Å². The fourth-order valence-corrected chi connectivity index (χ4v) is 3.46. The number of benzene rings is 2. The summed E-state index contributed by atoms with van der Waals surface area (Å²) in [7, 11) is 0. The van der Waals surface area contributed by atoms with Crippen molar-refractivity contribution in [3.8, 4) is 11.1 Å². The van der Waals surface area contributed by atoms with Crippen molar-refractivity contribution >= 4 is 5.97 Å². The molecule has 25 heavy (non-hydrogen) atoms. The van der Waals surface area contributed by atoms with Crippen LogP contribution in [0.4, 0.5) is 0 Å². The zero-order chi connectivity index (χ0) is 17.6. The Morgan fingerprint density at radius 3 is 2.32 bits per heavy atom. The van der Waals surface area contributed by atoms with E-state index in [2.05, 4.69) is 39.6 Å². The molecule has 0 saturated carbocycles. The number of aliphatic carboxylic acids is 1. The summed E-state index contributed by atoms with van der Waals surface area (Å²) < 4.78 is 0. The van der Waals surface area contributed by atoms with Crippen LogP contribution in [-0.4, -0.2) is 30.2 Å². The molecule has 6 heteroatoms. The molecule has 0 bridgehead atoms. The summed E-state index contributed by atoms with van der Waals surface area (Å²) in [6, 6.07) is 15.9. The maximum atomic E-state index is 11.5. The normalized spacial score (nSPS) is 13.6. The van der Waals surface area contributed by atoms with E-state index in [1.165, 1.54) is 22.3 Å². The number of nitrogens with one attached hydrogen (secondary N) is 1. The van der Waals surface area contributed by atoms with E-state index < -0.39 is 12.0 Å². The number of azide groups is 1. The van der Waals surface area contributed by atoms with Gasteiger partial charge in [-0.2, -0.15) is 0 Å². The summed E-state index contributed by atoms with van der Waals surface area (Å²) in [5.41, 5.74) is 13.2. The minimum Gasteiger partial charge on any atom is -0.480 e. The molecule has 2 N–H and O–H groups in total. The summed E-state index contributed by atoms with van der Waals surface area (Å²) in [5.74, 6) is -0.730. The number of hydrogen-bond donors (Lipinski definition) is 2. The van der Waals surface area contributed by atoms with E-state index in [9.17, 15) is 9.90 Å². The van der Waals surface area contributed by atoms with E-state index in [4.69, 9.17) is 5.53 Å². The van der Waals surface area contributed by atoms with Crippen molar-refractivity contribution in [3.63, 3.8) is 0 Å². The summed E-state index contributed by atoms with van der Waals surface area (Å²) in [6.07, 6.45) is 0.982. The molecular formula is C19H20N4O2. The first-order valence-corrected chi connectivity index (χ1v) is 8.37. The van der Waals surface area contributed by atoms with Crippen molar-refractivity contribution in [2.45, 2.75) is 24.8 Å². The molecule has 0 radical (unpaired) electrons. The average molecular weight is 336 g/mol.